The minimum absolute atomic E-state index is 0.0463. The predicted molar refractivity (Wildman–Crippen MR) is 88.4 cm³/mol. The quantitative estimate of drug-likeness (QED) is 0.616. The summed E-state index contributed by atoms with van der Waals surface area (Å²) in [4.78, 5) is 27.7. The topological polar surface area (TPSA) is 90.7 Å². The van der Waals surface area contributed by atoms with E-state index in [0.717, 1.165) is 25.3 Å². The molecule has 7 heteroatoms. The number of aryl methyl sites for hydroxylation is 1. The van der Waals surface area contributed by atoms with Crippen molar-refractivity contribution in [1.82, 2.24) is 4.98 Å². The summed E-state index contributed by atoms with van der Waals surface area (Å²) in [6.07, 6.45) is 3.79. The molecule has 0 aliphatic carbocycles. The van der Waals surface area contributed by atoms with E-state index in [-0.39, 0.29) is 5.70 Å². The van der Waals surface area contributed by atoms with Gasteiger partial charge in [-0.1, -0.05) is 19.4 Å². The maximum Gasteiger partial charge on any atom is 0.354 e. The van der Waals surface area contributed by atoms with Gasteiger partial charge in [0.1, 0.15) is 11.2 Å². The summed E-state index contributed by atoms with van der Waals surface area (Å²) >= 11 is 0. The van der Waals surface area contributed by atoms with E-state index in [1.54, 1.807) is 18.2 Å². The van der Waals surface area contributed by atoms with Crippen LogP contribution in [-0.2, 0) is 25.5 Å². The highest BCUT2D eigenvalue weighted by Gasteiger charge is 2.16. The molecule has 0 atom stereocenters. The van der Waals surface area contributed by atoms with Crippen molar-refractivity contribution in [2.24, 2.45) is 0 Å². The van der Waals surface area contributed by atoms with Crippen LogP contribution in [0.25, 0.3) is 11.1 Å². The zero-order valence-corrected chi connectivity index (χ0v) is 13.9. The highest BCUT2D eigenvalue weighted by Crippen LogP contribution is 2.25. The Morgan fingerprint density at radius 1 is 1.29 bits per heavy atom. The molecule has 1 heterocycles. The first-order valence-electron chi connectivity index (χ1n) is 7.62. The number of esters is 2. The van der Waals surface area contributed by atoms with Gasteiger partial charge >= 0.3 is 11.9 Å². The van der Waals surface area contributed by atoms with Gasteiger partial charge in [0.15, 0.2) is 11.5 Å². The molecule has 128 valence electrons. The van der Waals surface area contributed by atoms with Crippen molar-refractivity contribution in [3.05, 3.63) is 35.9 Å². The minimum Gasteiger partial charge on any atom is -0.466 e. The summed E-state index contributed by atoms with van der Waals surface area (Å²) in [6, 6.07) is 5.31. The van der Waals surface area contributed by atoms with Gasteiger partial charge in [0, 0.05) is 6.42 Å². The van der Waals surface area contributed by atoms with Crippen molar-refractivity contribution in [3.63, 3.8) is 0 Å². The van der Waals surface area contributed by atoms with Crippen molar-refractivity contribution < 1.29 is 23.5 Å². The molecule has 0 fully saturated rings. The van der Waals surface area contributed by atoms with E-state index in [2.05, 4.69) is 26.7 Å². The Morgan fingerprint density at radius 2 is 2.08 bits per heavy atom. The summed E-state index contributed by atoms with van der Waals surface area (Å²) in [6.45, 7) is 2.09. The Balaban J connectivity index is 2.35. The highest BCUT2D eigenvalue weighted by atomic mass is 16.5. The number of benzene rings is 1. The zero-order chi connectivity index (χ0) is 17.5. The second kappa shape index (κ2) is 8.14. The van der Waals surface area contributed by atoms with Crippen molar-refractivity contribution in [2.45, 2.75) is 26.2 Å². The van der Waals surface area contributed by atoms with Gasteiger partial charge in [-0.25, -0.2) is 14.6 Å². The Hall–Kier alpha value is -2.83. The van der Waals surface area contributed by atoms with Crippen molar-refractivity contribution in [1.29, 1.82) is 0 Å². The number of fused-ring (bicyclic) bond motifs is 1. The number of ether oxygens (including phenoxy) is 2. The van der Waals surface area contributed by atoms with Crippen LogP contribution in [0, 0.1) is 0 Å². The molecule has 1 N–H and O–H groups in total. The molecular weight excluding hydrogens is 312 g/mol. The number of para-hydroxylation sites is 1. The molecular formula is C17H20N2O5. The maximum absolute atomic E-state index is 11.8. The lowest BCUT2D eigenvalue weighted by molar-refractivity contribution is -0.138. The van der Waals surface area contributed by atoms with Crippen LogP contribution in [0.1, 0.15) is 25.7 Å². The number of aromatic nitrogens is 1. The van der Waals surface area contributed by atoms with Crippen LogP contribution in [0.2, 0.25) is 0 Å². The molecule has 7 nitrogen and oxygen atoms in total. The number of carbonyl (C=O) groups excluding carboxylic acids is 2. The van der Waals surface area contributed by atoms with E-state index in [0.29, 0.717) is 22.7 Å². The van der Waals surface area contributed by atoms with Gasteiger partial charge in [0.25, 0.3) is 0 Å². The summed E-state index contributed by atoms with van der Waals surface area (Å²) in [5.41, 5.74) is 1.69. The van der Waals surface area contributed by atoms with E-state index >= 15 is 0 Å². The standard InChI is InChI=1S/C17H20N2O5/c1-4-5-9-14-19-16-11(7-6-8-13(16)24-14)18-12(17(21)23-3)10-15(20)22-2/h6-8,10,18H,4-5,9H2,1-3H3/b12-10+. The number of anilines is 1. The molecule has 0 unspecified atom stereocenters. The molecule has 1 aromatic heterocycles. The van der Waals surface area contributed by atoms with E-state index in [1.165, 1.54) is 14.2 Å². The van der Waals surface area contributed by atoms with E-state index < -0.39 is 11.9 Å². The summed E-state index contributed by atoms with van der Waals surface area (Å²) in [7, 11) is 2.46. The second-order valence-corrected chi connectivity index (χ2v) is 5.06. The van der Waals surface area contributed by atoms with Gasteiger partial charge < -0.3 is 19.2 Å². The molecule has 1 aromatic carbocycles. The molecule has 24 heavy (non-hydrogen) atoms. The fourth-order valence-electron chi connectivity index (χ4n) is 2.11. The van der Waals surface area contributed by atoms with E-state index in [4.69, 9.17) is 4.42 Å². The Kier molecular flexibility index (Phi) is 5.95. The Morgan fingerprint density at radius 3 is 2.75 bits per heavy atom. The SMILES string of the molecule is CCCCc1nc2c(N/C(=C/C(=O)OC)C(=O)OC)cccc2o1. The average molecular weight is 332 g/mol. The number of unbranched alkanes of at least 4 members (excludes halogenated alkanes) is 1. The Bertz CT molecular complexity index is 763. The monoisotopic (exact) mass is 332 g/mol. The Labute approximate surface area is 139 Å². The number of oxazole rings is 1. The molecule has 2 rings (SSSR count). The fraction of sp³-hybridized carbons (Fsp3) is 0.353. The van der Waals surface area contributed by atoms with Gasteiger partial charge in [-0.2, -0.15) is 0 Å². The zero-order valence-electron chi connectivity index (χ0n) is 13.9. The van der Waals surface area contributed by atoms with Crippen LogP contribution in [0.5, 0.6) is 0 Å². The first-order chi connectivity index (χ1) is 11.6. The normalized spacial score (nSPS) is 11.4. The first-order valence-corrected chi connectivity index (χ1v) is 7.62. The largest absolute Gasteiger partial charge is 0.466 e. The maximum atomic E-state index is 11.8. The third-order valence-electron chi connectivity index (χ3n) is 3.35. The summed E-state index contributed by atoms with van der Waals surface area (Å²) in [5, 5.41) is 2.87. The third-order valence-corrected chi connectivity index (χ3v) is 3.35. The number of methoxy groups -OCH3 is 2. The minimum atomic E-state index is -0.688. The van der Waals surface area contributed by atoms with Crippen LogP contribution in [0.15, 0.2) is 34.4 Å². The van der Waals surface area contributed by atoms with Gasteiger partial charge in [0.05, 0.1) is 26.0 Å². The van der Waals surface area contributed by atoms with Gasteiger partial charge in [0.2, 0.25) is 0 Å². The van der Waals surface area contributed by atoms with E-state index in [9.17, 15) is 9.59 Å². The molecule has 0 aliphatic heterocycles. The number of hydrogen-bond acceptors (Lipinski definition) is 7. The smallest absolute Gasteiger partial charge is 0.354 e. The summed E-state index contributed by atoms with van der Waals surface area (Å²) < 4.78 is 14.9. The number of nitrogens with one attached hydrogen (secondary N) is 1. The average Bonchev–Trinajstić information content (AvgIpc) is 3.02. The second-order valence-electron chi connectivity index (χ2n) is 5.06. The molecule has 0 amide bonds. The molecule has 0 spiro atoms. The number of rotatable bonds is 7. The highest BCUT2D eigenvalue weighted by molar-refractivity contribution is 6.00. The van der Waals surface area contributed by atoms with Crippen molar-refractivity contribution in [2.75, 3.05) is 19.5 Å². The lowest BCUT2D eigenvalue weighted by Crippen LogP contribution is -2.15. The molecule has 2 aromatic rings. The number of carbonyl (C=O) groups is 2. The lowest BCUT2D eigenvalue weighted by Gasteiger charge is -2.09. The van der Waals surface area contributed by atoms with Crippen molar-refractivity contribution in [3.8, 4) is 0 Å². The van der Waals surface area contributed by atoms with Crippen molar-refractivity contribution >= 4 is 28.7 Å². The van der Waals surface area contributed by atoms with Gasteiger partial charge in [-0.15, -0.1) is 0 Å². The van der Waals surface area contributed by atoms with Crippen LogP contribution in [0.4, 0.5) is 5.69 Å². The summed E-state index contributed by atoms with van der Waals surface area (Å²) in [5.74, 6) is -0.719. The van der Waals surface area contributed by atoms with E-state index in [1.807, 2.05) is 0 Å². The lowest BCUT2D eigenvalue weighted by atomic mass is 10.2. The van der Waals surface area contributed by atoms with Crippen LogP contribution >= 0.6 is 0 Å². The first kappa shape index (κ1) is 17.5. The molecule has 0 aliphatic rings. The third kappa shape index (κ3) is 4.13. The fourth-order valence-corrected chi connectivity index (χ4v) is 2.11. The van der Waals surface area contributed by atoms with Gasteiger partial charge in [-0.05, 0) is 18.6 Å². The van der Waals surface area contributed by atoms with Crippen LogP contribution in [-0.4, -0.2) is 31.1 Å². The van der Waals surface area contributed by atoms with Crippen LogP contribution in [0.3, 0.4) is 0 Å². The molecule has 0 radical (unpaired) electrons. The number of nitrogens with zero attached hydrogens (tertiary/aromatic N) is 1. The molecule has 0 saturated heterocycles. The van der Waals surface area contributed by atoms with Gasteiger partial charge in [-0.3, -0.25) is 0 Å². The van der Waals surface area contributed by atoms with Crippen LogP contribution < -0.4 is 5.32 Å². The number of hydrogen-bond donors (Lipinski definition) is 1. The predicted octanol–water partition coefficient (Wildman–Crippen LogP) is 2.81. The molecule has 0 bridgehead atoms. The molecule has 0 saturated carbocycles.